The van der Waals surface area contributed by atoms with E-state index in [0.29, 0.717) is 0 Å². The summed E-state index contributed by atoms with van der Waals surface area (Å²) in [6, 6.07) is 10.3. The quantitative estimate of drug-likeness (QED) is 0.839. The molecule has 0 saturated carbocycles. The van der Waals surface area contributed by atoms with Crippen LogP contribution in [0, 0.1) is 0 Å². The lowest BCUT2D eigenvalue weighted by Gasteiger charge is -2.22. The number of hydrogen-bond donors (Lipinski definition) is 1. The second-order valence-corrected chi connectivity index (χ2v) is 4.64. The third-order valence-corrected chi connectivity index (χ3v) is 3.18. The van der Waals surface area contributed by atoms with Crippen LogP contribution in [0.2, 0.25) is 0 Å². The summed E-state index contributed by atoms with van der Waals surface area (Å²) in [6.45, 7) is 7.82. The van der Waals surface area contributed by atoms with E-state index in [1.54, 1.807) is 0 Å². The van der Waals surface area contributed by atoms with Gasteiger partial charge in [0.2, 0.25) is 0 Å². The van der Waals surface area contributed by atoms with Crippen LogP contribution < -0.4 is 10.2 Å². The summed E-state index contributed by atoms with van der Waals surface area (Å²) < 4.78 is 0. The highest BCUT2D eigenvalue weighted by Crippen LogP contribution is 2.14. The number of pyridine rings is 2. The molecule has 2 aromatic heterocycles. The average Bonchev–Trinajstić information content (AvgIpc) is 2.52. The smallest absolute Gasteiger partial charge is 0.129 e. The summed E-state index contributed by atoms with van der Waals surface area (Å²) in [7, 11) is 0. The maximum Gasteiger partial charge on any atom is 0.129 e. The Bertz CT molecular complexity index is 513. The molecule has 0 fully saturated rings. The molecule has 106 valence electrons. The van der Waals surface area contributed by atoms with E-state index in [1.165, 1.54) is 5.56 Å². The van der Waals surface area contributed by atoms with Crippen molar-refractivity contribution in [3.05, 3.63) is 54.0 Å². The summed E-state index contributed by atoms with van der Waals surface area (Å²) in [5, 5.41) is 3.31. The van der Waals surface area contributed by atoms with Gasteiger partial charge in [-0.1, -0.05) is 13.0 Å². The van der Waals surface area contributed by atoms with Gasteiger partial charge in [0.15, 0.2) is 0 Å². The maximum absolute atomic E-state index is 4.73. The molecular weight excluding hydrogens is 248 g/mol. The first-order chi connectivity index (χ1) is 9.83. The van der Waals surface area contributed by atoms with Crippen LogP contribution in [0.5, 0.6) is 0 Å². The Morgan fingerprint density at radius 3 is 2.60 bits per heavy atom. The fraction of sp³-hybridized carbons (Fsp3) is 0.375. The number of anilines is 1. The van der Waals surface area contributed by atoms with Crippen LogP contribution in [0.1, 0.15) is 25.1 Å². The number of rotatable bonds is 7. The standard InChI is InChI=1S/C16H22N4/c1-3-17-12-15-6-5-7-16(19-15)20(4-2)13-14-8-10-18-11-9-14/h5-11,17H,3-4,12-13H2,1-2H3. The molecule has 0 unspecified atom stereocenters. The number of nitrogens with one attached hydrogen (secondary N) is 1. The Labute approximate surface area is 120 Å². The second-order valence-electron chi connectivity index (χ2n) is 4.64. The summed E-state index contributed by atoms with van der Waals surface area (Å²) in [6.07, 6.45) is 3.66. The van der Waals surface area contributed by atoms with Crippen molar-refractivity contribution in [1.82, 2.24) is 15.3 Å². The van der Waals surface area contributed by atoms with E-state index in [2.05, 4.69) is 47.2 Å². The minimum atomic E-state index is 0.817. The van der Waals surface area contributed by atoms with Crippen LogP contribution in [0.4, 0.5) is 5.82 Å². The monoisotopic (exact) mass is 270 g/mol. The predicted molar refractivity (Wildman–Crippen MR) is 82.6 cm³/mol. The Morgan fingerprint density at radius 2 is 1.90 bits per heavy atom. The molecular formula is C16H22N4. The van der Waals surface area contributed by atoms with Crippen molar-refractivity contribution in [3.63, 3.8) is 0 Å². The van der Waals surface area contributed by atoms with Gasteiger partial charge in [0, 0.05) is 32.0 Å². The van der Waals surface area contributed by atoms with Crippen molar-refractivity contribution in [2.45, 2.75) is 26.9 Å². The van der Waals surface area contributed by atoms with Gasteiger partial charge < -0.3 is 10.2 Å². The molecule has 4 nitrogen and oxygen atoms in total. The van der Waals surface area contributed by atoms with Gasteiger partial charge in [0.1, 0.15) is 5.82 Å². The van der Waals surface area contributed by atoms with Gasteiger partial charge in [-0.25, -0.2) is 4.98 Å². The summed E-state index contributed by atoms with van der Waals surface area (Å²) >= 11 is 0. The molecule has 0 atom stereocenters. The van der Waals surface area contributed by atoms with Gasteiger partial charge in [-0.3, -0.25) is 4.98 Å². The normalized spacial score (nSPS) is 10.5. The number of hydrogen-bond acceptors (Lipinski definition) is 4. The molecule has 4 heteroatoms. The number of nitrogens with zero attached hydrogens (tertiary/aromatic N) is 3. The Kier molecular flexibility index (Phi) is 5.50. The zero-order valence-electron chi connectivity index (χ0n) is 12.2. The first-order valence-electron chi connectivity index (χ1n) is 7.14. The van der Waals surface area contributed by atoms with Crippen molar-refractivity contribution in [3.8, 4) is 0 Å². The first kappa shape index (κ1) is 14.5. The molecule has 0 aromatic carbocycles. The van der Waals surface area contributed by atoms with Gasteiger partial charge in [-0.15, -0.1) is 0 Å². The van der Waals surface area contributed by atoms with E-state index in [1.807, 2.05) is 24.5 Å². The van der Waals surface area contributed by atoms with Crippen LogP contribution in [0.15, 0.2) is 42.7 Å². The molecule has 0 bridgehead atoms. The van der Waals surface area contributed by atoms with Crippen LogP contribution in [-0.4, -0.2) is 23.1 Å². The highest BCUT2D eigenvalue weighted by molar-refractivity contribution is 5.40. The Morgan fingerprint density at radius 1 is 1.10 bits per heavy atom. The highest BCUT2D eigenvalue weighted by Gasteiger charge is 2.07. The van der Waals surface area contributed by atoms with Crippen LogP contribution in [0.3, 0.4) is 0 Å². The molecule has 1 N–H and O–H groups in total. The van der Waals surface area contributed by atoms with Gasteiger partial charge in [0.05, 0.1) is 5.69 Å². The molecule has 0 radical (unpaired) electrons. The van der Waals surface area contributed by atoms with Crippen LogP contribution in [-0.2, 0) is 13.1 Å². The molecule has 0 aliphatic heterocycles. The lowest BCUT2D eigenvalue weighted by molar-refractivity contribution is 0.706. The number of aromatic nitrogens is 2. The topological polar surface area (TPSA) is 41.0 Å². The van der Waals surface area contributed by atoms with E-state index >= 15 is 0 Å². The minimum Gasteiger partial charge on any atom is -0.353 e. The van der Waals surface area contributed by atoms with Crippen molar-refractivity contribution in [2.75, 3.05) is 18.0 Å². The summed E-state index contributed by atoms with van der Waals surface area (Å²) in [4.78, 5) is 11.1. The minimum absolute atomic E-state index is 0.817. The summed E-state index contributed by atoms with van der Waals surface area (Å²) in [5.74, 6) is 1.03. The average molecular weight is 270 g/mol. The Hall–Kier alpha value is -1.94. The van der Waals surface area contributed by atoms with Crippen molar-refractivity contribution in [1.29, 1.82) is 0 Å². The lowest BCUT2D eigenvalue weighted by Crippen LogP contribution is -2.24. The van der Waals surface area contributed by atoms with E-state index in [4.69, 9.17) is 4.98 Å². The van der Waals surface area contributed by atoms with E-state index in [0.717, 1.165) is 37.7 Å². The third-order valence-electron chi connectivity index (χ3n) is 3.18. The first-order valence-corrected chi connectivity index (χ1v) is 7.14. The molecule has 0 saturated heterocycles. The van der Waals surface area contributed by atoms with Gasteiger partial charge >= 0.3 is 0 Å². The van der Waals surface area contributed by atoms with Crippen molar-refractivity contribution in [2.24, 2.45) is 0 Å². The molecule has 0 aliphatic carbocycles. The van der Waals surface area contributed by atoms with Gasteiger partial charge in [-0.2, -0.15) is 0 Å². The molecule has 2 rings (SSSR count). The van der Waals surface area contributed by atoms with Crippen molar-refractivity contribution < 1.29 is 0 Å². The molecule has 20 heavy (non-hydrogen) atoms. The van der Waals surface area contributed by atoms with E-state index in [9.17, 15) is 0 Å². The van der Waals surface area contributed by atoms with Gasteiger partial charge in [-0.05, 0) is 43.3 Å². The molecule has 2 aromatic rings. The third kappa shape index (κ3) is 4.03. The highest BCUT2D eigenvalue weighted by atomic mass is 15.2. The zero-order chi connectivity index (χ0) is 14.2. The largest absolute Gasteiger partial charge is 0.353 e. The second kappa shape index (κ2) is 7.60. The molecule has 2 heterocycles. The maximum atomic E-state index is 4.73. The van der Waals surface area contributed by atoms with Crippen molar-refractivity contribution >= 4 is 5.82 Å². The zero-order valence-corrected chi connectivity index (χ0v) is 12.2. The van der Waals surface area contributed by atoms with E-state index in [-0.39, 0.29) is 0 Å². The molecule has 0 aliphatic rings. The fourth-order valence-electron chi connectivity index (χ4n) is 2.06. The fourth-order valence-corrected chi connectivity index (χ4v) is 2.06. The molecule has 0 amide bonds. The van der Waals surface area contributed by atoms with E-state index < -0.39 is 0 Å². The van der Waals surface area contributed by atoms with Crippen LogP contribution >= 0.6 is 0 Å². The molecule has 0 spiro atoms. The predicted octanol–water partition coefficient (Wildman–Crippen LogP) is 2.61. The van der Waals surface area contributed by atoms with Gasteiger partial charge in [0.25, 0.3) is 0 Å². The van der Waals surface area contributed by atoms with Crippen LogP contribution in [0.25, 0.3) is 0 Å². The summed E-state index contributed by atoms with van der Waals surface area (Å²) in [5.41, 5.74) is 2.33. The Balaban J connectivity index is 2.10. The SMILES string of the molecule is CCNCc1cccc(N(CC)Cc2ccncc2)n1. The lowest BCUT2D eigenvalue weighted by atomic mass is 10.2.